The first-order valence-electron chi connectivity index (χ1n) is 5.99. The highest BCUT2D eigenvalue weighted by Crippen LogP contribution is 2.24. The van der Waals surface area contributed by atoms with Gasteiger partial charge in [-0.25, -0.2) is 0 Å². The SMILES string of the molecule is CCC(C)(C)C(=O)N1CCOC(CC(=O)O)C1. The highest BCUT2D eigenvalue weighted by molar-refractivity contribution is 5.82. The molecule has 0 aliphatic carbocycles. The molecule has 0 aromatic rings. The molecule has 1 atom stereocenters. The van der Waals surface area contributed by atoms with E-state index in [1.54, 1.807) is 4.90 Å². The van der Waals surface area contributed by atoms with Crippen LogP contribution in [-0.4, -0.2) is 47.7 Å². The van der Waals surface area contributed by atoms with Gasteiger partial charge < -0.3 is 14.7 Å². The summed E-state index contributed by atoms with van der Waals surface area (Å²) in [4.78, 5) is 24.5. The van der Waals surface area contributed by atoms with E-state index in [0.29, 0.717) is 19.7 Å². The zero-order valence-electron chi connectivity index (χ0n) is 10.7. The minimum Gasteiger partial charge on any atom is -0.481 e. The van der Waals surface area contributed by atoms with Gasteiger partial charge >= 0.3 is 5.97 Å². The van der Waals surface area contributed by atoms with Gasteiger partial charge in [-0.15, -0.1) is 0 Å². The molecular weight excluding hydrogens is 222 g/mol. The summed E-state index contributed by atoms with van der Waals surface area (Å²) in [7, 11) is 0. The Balaban J connectivity index is 2.60. The van der Waals surface area contributed by atoms with Crippen LogP contribution in [0.2, 0.25) is 0 Å². The van der Waals surface area contributed by atoms with Crippen molar-refractivity contribution in [3.8, 4) is 0 Å². The molecule has 1 aliphatic rings. The van der Waals surface area contributed by atoms with Gasteiger partial charge in [0, 0.05) is 18.5 Å². The second kappa shape index (κ2) is 5.49. The van der Waals surface area contributed by atoms with Crippen molar-refractivity contribution < 1.29 is 19.4 Å². The molecule has 1 rings (SSSR count). The lowest BCUT2D eigenvalue weighted by atomic mass is 9.88. The Morgan fingerprint density at radius 1 is 1.47 bits per heavy atom. The van der Waals surface area contributed by atoms with Gasteiger partial charge in [-0.05, 0) is 6.42 Å². The molecule has 1 N–H and O–H groups in total. The maximum Gasteiger partial charge on any atom is 0.306 e. The van der Waals surface area contributed by atoms with E-state index < -0.39 is 5.97 Å². The fraction of sp³-hybridized carbons (Fsp3) is 0.833. The number of nitrogens with zero attached hydrogens (tertiary/aromatic N) is 1. The first-order valence-corrected chi connectivity index (χ1v) is 5.99. The summed E-state index contributed by atoms with van der Waals surface area (Å²) in [5, 5.41) is 8.71. The van der Waals surface area contributed by atoms with Gasteiger partial charge in [0.2, 0.25) is 5.91 Å². The zero-order chi connectivity index (χ0) is 13.1. The van der Waals surface area contributed by atoms with E-state index in [1.807, 2.05) is 20.8 Å². The summed E-state index contributed by atoms with van der Waals surface area (Å²) in [6, 6.07) is 0. The van der Waals surface area contributed by atoms with Crippen molar-refractivity contribution in [3.63, 3.8) is 0 Å². The quantitative estimate of drug-likeness (QED) is 0.803. The lowest BCUT2D eigenvalue weighted by Gasteiger charge is -2.37. The molecule has 5 heteroatoms. The van der Waals surface area contributed by atoms with E-state index in [1.165, 1.54) is 0 Å². The maximum absolute atomic E-state index is 12.2. The van der Waals surface area contributed by atoms with E-state index >= 15 is 0 Å². The van der Waals surface area contributed by atoms with E-state index in [-0.39, 0.29) is 23.8 Å². The van der Waals surface area contributed by atoms with Crippen LogP contribution in [0.4, 0.5) is 0 Å². The second-order valence-corrected chi connectivity index (χ2v) is 5.08. The van der Waals surface area contributed by atoms with Gasteiger partial charge in [-0.1, -0.05) is 20.8 Å². The Morgan fingerprint density at radius 2 is 2.12 bits per heavy atom. The number of carboxylic acids is 1. The molecule has 1 heterocycles. The molecule has 0 bridgehead atoms. The van der Waals surface area contributed by atoms with Crippen LogP contribution < -0.4 is 0 Å². The minimum absolute atomic E-state index is 0.0453. The van der Waals surface area contributed by atoms with Gasteiger partial charge in [0.15, 0.2) is 0 Å². The van der Waals surface area contributed by atoms with Crippen molar-refractivity contribution in [1.29, 1.82) is 0 Å². The van der Waals surface area contributed by atoms with Gasteiger partial charge in [-0.3, -0.25) is 9.59 Å². The van der Waals surface area contributed by atoms with Crippen LogP contribution in [0, 0.1) is 5.41 Å². The lowest BCUT2D eigenvalue weighted by molar-refractivity contribution is -0.152. The van der Waals surface area contributed by atoms with E-state index in [9.17, 15) is 9.59 Å². The summed E-state index contributed by atoms with van der Waals surface area (Å²) in [6.07, 6.45) is 0.348. The molecule has 0 radical (unpaired) electrons. The van der Waals surface area contributed by atoms with Crippen LogP contribution in [0.5, 0.6) is 0 Å². The zero-order valence-corrected chi connectivity index (χ0v) is 10.7. The second-order valence-electron chi connectivity index (χ2n) is 5.08. The van der Waals surface area contributed by atoms with Crippen molar-refractivity contribution in [2.24, 2.45) is 5.41 Å². The van der Waals surface area contributed by atoms with E-state index in [4.69, 9.17) is 9.84 Å². The number of carbonyl (C=O) groups excluding carboxylic acids is 1. The molecule has 5 nitrogen and oxygen atoms in total. The van der Waals surface area contributed by atoms with Gasteiger partial charge in [0.25, 0.3) is 0 Å². The first kappa shape index (κ1) is 14.0. The number of morpholine rings is 1. The summed E-state index contributed by atoms with van der Waals surface area (Å²) in [6.45, 7) is 7.16. The Kier molecular flexibility index (Phi) is 4.51. The molecule has 0 aromatic carbocycles. The molecule has 0 aromatic heterocycles. The number of carbonyl (C=O) groups is 2. The van der Waals surface area contributed by atoms with E-state index in [2.05, 4.69) is 0 Å². The van der Waals surface area contributed by atoms with Crippen LogP contribution in [0.25, 0.3) is 0 Å². The Labute approximate surface area is 102 Å². The van der Waals surface area contributed by atoms with Crippen molar-refractivity contribution >= 4 is 11.9 Å². The number of hydrogen-bond donors (Lipinski definition) is 1. The van der Waals surface area contributed by atoms with Gasteiger partial charge in [0.05, 0.1) is 19.1 Å². The Hall–Kier alpha value is -1.10. The Morgan fingerprint density at radius 3 is 2.65 bits per heavy atom. The number of hydrogen-bond acceptors (Lipinski definition) is 3. The largest absolute Gasteiger partial charge is 0.481 e. The van der Waals surface area contributed by atoms with Crippen LogP contribution >= 0.6 is 0 Å². The van der Waals surface area contributed by atoms with Crippen LogP contribution in [-0.2, 0) is 14.3 Å². The van der Waals surface area contributed by atoms with Crippen LogP contribution in [0.3, 0.4) is 0 Å². The third kappa shape index (κ3) is 3.70. The average Bonchev–Trinajstić information content (AvgIpc) is 2.27. The minimum atomic E-state index is -0.890. The van der Waals surface area contributed by atoms with Gasteiger partial charge in [0.1, 0.15) is 0 Å². The summed E-state index contributed by atoms with van der Waals surface area (Å²) >= 11 is 0. The molecule has 1 aliphatic heterocycles. The molecule has 1 fully saturated rings. The van der Waals surface area contributed by atoms with Crippen molar-refractivity contribution in [3.05, 3.63) is 0 Å². The highest BCUT2D eigenvalue weighted by Gasteiger charge is 2.33. The normalized spacial score (nSPS) is 21.4. The predicted molar refractivity (Wildman–Crippen MR) is 62.6 cm³/mol. The molecule has 0 spiro atoms. The molecule has 1 amide bonds. The van der Waals surface area contributed by atoms with Crippen molar-refractivity contribution in [1.82, 2.24) is 4.90 Å². The average molecular weight is 243 g/mol. The number of ether oxygens (including phenoxy) is 1. The number of amides is 1. The van der Waals surface area contributed by atoms with Gasteiger partial charge in [-0.2, -0.15) is 0 Å². The fourth-order valence-corrected chi connectivity index (χ4v) is 1.80. The summed E-state index contributed by atoms with van der Waals surface area (Å²) < 4.78 is 5.34. The number of carboxylic acid groups (broad SMARTS) is 1. The molecule has 0 saturated carbocycles. The smallest absolute Gasteiger partial charge is 0.306 e. The number of rotatable bonds is 4. The van der Waals surface area contributed by atoms with Crippen molar-refractivity contribution in [2.45, 2.75) is 39.7 Å². The summed E-state index contributed by atoms with van der Waals surface area (Å²) in [5.41, 5.74) is -0.384. The number of aliphatic carboxylic acids is 1. The fourth-order valence-electron chi connectivity index (χ4n) is 1.80. The molecule has 17 heavy (non-hydrogen) atoms. The molecule has 1 unspecified atom stereocenters. The summed E-state index contributed by atoms with van der Waals surface area (Å²) in [5.74, 6) is -0.808. The first-order chi connectivity index (χ1) is 7.86. The van der Waals surface area contributed by atoms with Crippen LogP contribution in [0.15, 0.2) is 0 Å². The third-order valence-corrected chi connectivity index (χ3v) is 3.29. The lowest BCUT2D eigenvalue weighted by Crippen LogP contribution is -2.50. The third-order valence-electron chi connectivity index (χ3n) is 3.29. The monoisotopic (exact) mass is 243 g/mol. The topological polar surface area (TPSA) is 66.8 Å². The molecule has 98 valence electrons. The standard InChI is InChI=1S/C12H21NO4/c1-4-12(2,3)11(16)13-5-6-17-9(8-13)7-10(14)15/h9H,4-8H2,1-3H3,(H,14,15). The highest BCUT2D eigenvalue weighted by atomic mass is 16.5. The maximum atomic E-state index is 12.2. The Bertz CT molecular complexity index is 301. The van der Waals surface area contributed by atoms with Crippen LogP contribution in [0.1, 0.15) is 33.6 Å². The molecular formula is C12H21NO4. The van der Waals surface area contributed by atoms with Crippen molar-refractivity contribution in [2.75, 3.05) is 19.7 Å². The molecule has 1 saturated heterocycles. The predicted octanol–water partition coefficient (Wildman–Crippen LogP) is 1.12. The van der Waals surface area contributed by atoms with E-state index in [0.717, 1.165) is 6.42 Å².